The van der Waals surface area contributed by atoms with Crippen molar-refractivity contribution < 1.29 is 24.5 Å². The van der Waals surface area contributed by atoms with Crippen LogP contribution >= 0.6 is 0 Å². The Bertz CT molecular complexity index is 1210. The van der Waals surface area contributed by atoms with Gasteiger partial charge >= 0.3 is 5.97 Å². The summed E-state index contributed by atoms with van der Waals surface area (Å²) in [5.41, 5.74) is 0. The van der Waals surface area contributed by atoms with Gasteiger partial charge in [-0.2, -0.15) is 0 Å². The van der Waals surface area contributed by atoms with Crippen molar-refractivity contribution in [1.82, 2.24) is 5.32 Å². The first kappa shape index (κ1) is 73.1. The zero-order chi connectivity index (χ0) is 54.3. The van der Waals surface area contributed by atoms with Crippen LogP contribution in [0.25, 0.3) is 0 Å². The van der Waals surface area contributed by atoms with Crippen LogP contribution in [0.15, 0.2) is 36.5 Å². The van der Waals surface area contributed by atoms with Gasteiger partial charge in [0.05, 0.1) is 25.4 Å². The first-order valence-corrected chi connectivity index (χ1v) is 33.8. The summed E-state index contributed by atoms with van der Waals surface area (Å²) >= 11 is 0. The van der Waals surface area contributed by atoms with E-state index < -0.39 is 12.1 Å². The van der Waals surface area contributed by atoms with Gasteiger partial charge in [0.25, 0.3) is 0 Å². The van der Waals surface area contributed by atoms with Crippen LogP contribution in [-0.4, -0.2) is 47.4 Å². The molecule has 3 N–H and O–H groups in total. The summed E-state index contributed by atoms with van der Waals surface area (Å²) in [5.74, 6) is -0.0502. The van der Waals surface area contributed by atoms with E-state index in [0.717, 1.165) is 51.4 Å². The quantitative estimate of drug-likeness (QED) is 0.0320. The number of allylic oxidation sites excluding steroid dienone is 5. The maximum Gasteiger partial charge on any atom is 0.305 e. The van der Waals surface area contributed by atoms with Crippen molar-refractivity contribution in [3.8, 4) is 0 Å². The average molecular weight is 1050 g/mol. The molecule has 0 aromatic heterocycles. The maximum absolute atomic E-state index is 12.4. The van der Waals surface area contributed by atoms with Crippen LogP contribution in [0.4, 0.5) is 0 Å². The molecule has 6 heteroatoms. The minimum atomic E-state index is -0.841. The number of aliphatic hydroxyl groups is 2. The Kier molecular flexibility index (Phi) is 63.0. The second kappa shape index (κ2) is 64.6. The Labute approximate surface area is 468 Å². The molecule has 0 aromatic rings. The zero-order valence-corrected chi connectivity index (χ0v) is 50.5. The van der Waals surface area contributed by atoms with Gasteiger partial charge in [0.1, 0.15) is 0 Å². The van der Waals surface area contributed by atoms with Crippen molar-refractivity contribution in [2.75, 3.05) is 13.2 Å². The molecule has 0 spiro atoms. The lowest BCUT2D eigenvalue weighted by Gasteiger charge is -2.20. The molecular weight excluding hydrogens is 923 g/mol. The fourth-order valence-corrected chi connectivity index (χ4v) is 10.5. The lowest BCUT2D eigenvalue weighted by Crippen LogP contribution is -2.45. The Morgan fingerprint density at radius 1 is 0.373 bits per heavy atom. The molecule has 1 amide bonds. The van der Waals surface area contributed by atoms with E-state index in [-0.39, 0.29) is 18.5 Å². The van der Waals surface area contributed by atoms with Crippen LogP contribution < -0.4 is 5.32 Å². The van der Waals surface area contributed by atoms with Crippen molar-refractivity contribution in [2.45, 2.75) is 379 Å². The normalized spacial score (nSPS) is 12.7. The van der Waals surface area contributed by atoms with Crippen molar-refractivity contribution >= 4 is 11.9 Å². The summed E-state index contributed by atoms with van der Waals surface area (Å²) < 4.78 is 5.51. The fourth-order valence-electron chi connectivity index (χ4n) is 10.5. The van der Waals surface area contributed by atoms with Gasteiger partial charge in [-0.05, 0) is 64.2 Å². The maximum atomic E-state index is 12.4. The molecule has 0 aliphatic rings. The SMILES string of the molecule is CCCCC/C=C\C/C=C\CCCCCCCCCCCC(=O)OCCCCCCCCCCCCCCCCCCCCCCCCCCCCCCC(=O)NC(CO)C(O)/C=C/CCCCCCCCCCC. The first-order chi connectivity index (χ1) is 37.0. The van der Waals surface area contributed by atoms with E-state index in [9.17, 15) is 19.8 Å². The number of aliphatic hydroxyl groups excluding tert-OH is 2. The highest BCUT2D eigenvalue weighted by Crippen LogP contribution is 2.18. The Hall–Kier alpha value is -1.92. The van der Waals surface area contributed by atoms with Crippen molar-refractivity contribution in [1.29, 1.82) is 0 Å². The summed E-state index contributed by atoms with van der Waals surface area (Å²) in [6.07, 6.45) is 82.2. The number of esters is 1. The van der Waals surface area contributed by atoms with E-state index in [0.29, 0.717) is 19.4 Å². The second-order valence-corrected chi connectivity index (χ2v) is 23.2. The topological polar surface area (TPSA) is 95.9 Å². The Morgan fingerprint density at radius 2 is 0.667 bits per heavy atom. The van der Waals surface area contributed by atoms with Gasteiger partial charge in [0.2, 0.25) is 5.91 Å². The molecular formula is C69H131NO5. The van der Waals surface area contributed by atoms with Gasteiger partial charge in [-0.25, -0.2) is 0 Å². The predicted molar refractivity (Wildman–Crippen MR) is 329 cm³/mol. The molecule has 0 heterocycles. The molecule has 6 nitrogen and oxygen atoms in total. The fraction of sp³-hybridized carbons (Fsp3) is 0.884. The number of rotatable bonds is 63. The molecule has 0 radical (unpaired) electrons. The molecule has 2 unspecified atom stereocenters. The molecule has 2 atom stereocenters. The summed E-state index contributed by atoms with van der Waals surface area (Å²) in [6.45, 7) is 4.89. The van der Waals surface area contributed by atoms with E-state index in [4.69, 9.17) is 4.74 Å². The van der Waals surface area contributed by atoms with Gasteiger partial charge in [0.15, 0.2) is 0 Å². The molecule has 0 saturated heterocycles. The molecule has 442 valence electrons. The van der Waals surface area contributed by atoms with Gasteiger partial charge in [0, 0.05) is 12.8 Å². The lowest BCUT2D eigenvalue weighted by molar-refractivity contribution is -0.143. The average Bonchev–Trinajstić information content (AvgIpc) is 3.41. The molecule has 0 aliphatic heterocycles. The number of ether oxygens (including phenoxy) is 1. The smallest absolute Gasteiger partial charge is 0.305 e. The standard InChI is InChI=1S/C69H131NO5/c1-3-5-7-9-11-13-15-16-17-18-29-33-36-39-43-47-51-55-59-63-69(74)75-64-60-56-52-48-44-40-37-34-31-28-26-24-22-20-19-21-23-25-27-30-32-35-38-42-46-50-54-58-62-68(73)70-66(65-71)67(72)61-57-53-49-45-41-14-12-10-8-6-4-2/h11,13,16-17,57,61,66-67,71-72H,3-10,12,14-15,18-56,58-60,62-65H2,1-2H3,(H,70,73)/b13-11-,17-16-,61-57+. The van der Waals surface area contributed by atoms with Crippen molar-refractivity contribution in [2.24, 2.45) is 0 Å². The van der Waals surface area contributed by atoms with Crippen molar-refractivity contribution in [3.05, 3.63) is 36.5 Å². The minimum absolute atomic E-state index is 0.0148. The monoisotopic (exact) mass is 1050 g/mol. The first-order valence-electron chi connectivity index (χ1n) is 33.8. The third kappa shape index (κ3) is 61.2. The van der Waals surface area contributed by atoms with E-state index >= 15 is 0 Å². The Balaban J connectivity index is 3.32. The molecule has 0 bridgehead atoms. The zero-order valence-electron chi connectivity index (χ0n) is 50.5. The third-order valence-corrected chi connectivity index (χ3v) is 15.7. The largest absolute Gasteiger partial charge is 0.466 e. The van der Waals surface area contributed by atoms with Crippen molar-refractivity contribution in [3.63, 3.8) is 0 Å². The van der Waals surface area contributed by atoms with Gasteiger partial charge in [-0.3, -0.25) is 9.59 Å². The van der Waals surface area contributed by atoms with Gasteiger partial charge in [-0.15, -0.1) is 0 Å². The summed E-state index contributed by atoms with van der Waals surface area (Å²) in [6, 6.07) is -0.624. The van der Waals surface area contributed by atoms with Gasteiger partial charge < -0.3 is 20.3 Å². The van der Waals surface area contributed by atoms with E-state index in [2.05, 4.69) is 43.5 Å². The minimum Gasteiger partial charge on any atom is -0.466 e. The van der Waals surface area contributed by atoms with Crippen LogP contribution in [0.1, 0.15) is 367 Å². The lowest BCUT2D eigenvalue weighted by atomic mass is 10.0. The summed E-state index contributed by atoms with van der Waals surface area (Å²) in [4.78, 5) is 24.5. The van der Waals surface area contributed by atoms with Crippen LogP contribution in [0, 0.1) is 0 Å². The van der Waals surface area contributed by atoms with Gasteiger partial charge in [-0.1, -0.05) is 326 Å². The number of amides is 1. The predicted octanol–water partition coefficient (Wildman–Crippen LogP) is 21.5. The number of hydrogen-bond acceptors (Lipinski definition) is 5. The van der Waals surface area contributed by atoms with E-state index in [1.165, 1.54) is 289 Å². The van der Waals surface area contributed by atoms with Crippen LogP contribution in [-0.2, 0) is 14.3 Å². The Morgan fingerprint density at radius 3 is 1.04 bits per heavy atom. The highest BCUT2D eigenvalue weighted by atomic mass is 16.5. The molecule has 0 saturated carbocycles. The summed E-state index contributed by atoms with van der Waals surface area (Å²) in [7, 11) is 0. The van der Waals surface area contributed by atoms with E-state index in [1.54, 1.807) is 6.08 Å². The number of carbonyl (C=O) groups is 2. The molecule has 0 rings (SSSR count). The number of nitrogens with one attached hydrogen (secondary N) is 1. The third-order valence-electron chi connectivity index (χ3n) is 15.7. The molecule has 75 heavy (non-hydrogen) atoms. The van der Waals surface area contributed by atoms with Crippen LogP contribution in [0.3, 0.4) is 0 Å². The molecule has 0 fully saturated rings. The second-order valence-electron chi connectivity index (χ2n) is 23.2. The van der Waals surface area contributed by atoms with Crippen LogP contribution in [0.2, 0.25) is 0 Å². The number of unbranched alkanes of at least 4 members (excludes halogenated alkanes) is 48. The highest BCUT2D eigenvalue weighted by molar-refractivity contribution is 5.76. The number of hydrogen-bond donors (Lipinski definition) is 3. The highest BCUT2D eigenvalue weighted by Gasteiger charge is 2.18. The molecule has 0 aromatic carbocycles. The van der Waals surface area contributed by atoms with E-state index in [1.807, 2.05) is 6.08 Å². The molecule has 0 aliphatic carbocycles. The summed E-state index contributed by atoms with van der Waals surface area (Å²) in [5, 5.41) is 23.0. The number of carbonyl (C=O) groups excluding carboxylic acids is 2. The van der Waals surface area contributed by atoms with Crippen LogP contribution in [0.5, 0.6) is 0 Å².